The summed E-state index contributed by atoms with van der Waals surface area (Å²) in [6.07, 6.45) is -0.427. The quantitative estimate of drug-likeness (QED) is 0.489. The summed E-state index contributed by atoms with van der Waals surface area (Å²) >= 11 is 3.39. The van der Waals surface area contributed by atoms with E-state index in [-0.39, 0.29) is 18.4 Å². The van der Waals surface area contributed by atoms with Crippen molar-refractivity contribution in [1.82, 2.24) is 9.80 Å². The van der Waals surface area contributed by atoms with Crippen LogP contribution >= 0.6 is 15.9 Å². The van der Waals surface area contributed by atoms with Crippen LogP contribution in [0.25, 0.3) is 0 Å². The lowest BCUT2D eigenvalue weighted by Gasteiger charge is -2.35. The lowest BCUT2D eigenvalue weighted by atomic mass is 10.1. The Kier molecular flexibility index (Phi) is 7.46. The summed E-state index contributed by atoms with van der Waals surface area (Å²) in [5, 5.41) is 0. The second kappa shape index (κ2) is 10.2. The molecule has 1 aliphatic rings. The fourth-order valence-corrected chi connectivity index (χ4v) is 3.40. The highest BCUT2D eigenvalue weighted by atomic mass is 79.9. The molecular weight excluding hydrogens is 452 g/mol. The van der Waals surface area contributed by atoms with Crippen LogP contribution in [0.3, 0.4) is 0 Å². The highest BCUT2D eigenvalue weighted by Crippen LogP contribution is 2.16. The molecule has 2 aromatic carbocycles. The van der Waals surface area contributed by atoms with Crippen LogP contribution in [0.2, 0.25) is 0 Å². The Morgan fingerprint density at radius 1 is 0.900 bits per heavy atom. The zero-order valence-corrected chi connectivity index (χ0v) is 18.3. The van der Waals surface area contributed by atoms with Crippen molar-refractivity contribution in [3.63, 3.8) is 0 Å². The summed E-state index contributed by atoms with van der Waals surface area (Å²) in [7, 11) is 0. The van der Waals surface area contributed by atoms with Crippen LogP contribution in [-0.2, 0) is 16.0 Å². The van der Waals surface area contributed by atoms with Gasteiger partial charge >= 0.3 is 6.16 Å². The first-order chi connectivity index (χ1) is 14.5. The molecule has 0 atom stereocenters. The van der Waals surface area contributed by atoms with Crippen molar-refractivity contribution in [3.05, 3.63) is 64.1 Å². The van der Waals surface area contributed by atoms with E-state index < -0.39 is 6.16 Å². The lowest BCUT2D eigenvalue weighted by molar-refractivity contribution is -0.131. The SMILES string of the molecule is CCOC(=O)Oc1ccc(C(=O)N2CCN(C(=O)Cc3ccc(Br)cc3)CC2)cc1. The van der Waals surface area contributed by atoms with Crippen LogP contribution in [0.5, 0.6) is 5.75 Å². The van der Waals surface area contributed by atoms with Gasteiger partial charge in [-0.05, 0) is 48.9 Å². The zero-order valence-electron chi connectivity index (χ0n) is 16.7. The van der Waals surface area contributed by atoms with Gasteiger partial charge in [-0.3, -0.25) is 9.59 Å². The summed E-state index contributed by atoms with van der Waals surface area (Å²) < 4.78 is 10.7. The molecular formula is C22H23BrN2O5. The Balaban J connectivity index is 1.50. The number of carbonyl (C=O) groups is 3. The van der Waals surface area contributed by atoms with Crippen LogP contribution in [0, 0.1) is 0 Å². The fraction of sp³-hybridized carbons (Fsp3) is 0.318. The number of hydrogen-bond acceptors (Lipinski definition) is 5. The topological polar surface area (TPSA) is 76.2 Å². The first-order valence-corrected chi connectivity index (χ1v) is 10.5. The Morgan fingerprint density at radius 3 is 2.10 bits per heavy atom. The van der Waals surface area contributed by atoms with Gasteiger partial charge in [-0.1, -0.05) is 28.1 Å². The Labute approximate surface area is 183 Å². The van der Waals surface area contributed by atoms with Crippen LogP contribution < -0.4 is 4.74 Å². The number of amides is 2. The Bertz CT molecular complexity index is 891. The third kappa shape index (κ3) is 5.82. The monoisotopic (exact) mass is 474 g/mol. The first-order valence-electron chi connectivity index (χ1n) is 9.72. The van der Waals surface area contributed by atoms with Gasteiger partial charge < -0.3 is 19.3 Å². The molecule has 158 valence electrons. The maximum Gasteiger partial charge on any atom is 0.513 e. The molecule has 0 spiro atoms. The average Bonchev–Trinajstić information content (AvgIpc) is 2.75. The summed E-state index contributed by atoms with van der Waals surface area (Å²) in [6.45, 7) is 3.89. The molecule has 30 heavy (non-hydrogen) atoms. The lowest BCUT2D eigenvalue weighted by Crippen LogP contribution is -2.51. The van der Waals surface area contributed by atoms with E-state index in [1.165, 1.54) is 0 Å². The van der Waals surface area contributed by atoms with E-state index in [2.05, 4.69) is 15.9 Å². The van der Waals surface area contributed by atoms with Crippen molar-refractivity contribution in [2.24, 2.45) is 0 Å². The highest BCUT2D eigenvalue weighted by molar-refractivity contribution is 9.10. The van der Waals surface area contributed by atoms with E-state index in [1.807, 2.05) is 24.3 Å². The number of rotatable bonds is 5. The Morgan fingerprint density at radius 2 is 1.50 bits per heavy atom. The minimum atomic E-state index is -0.777. The van der Waals surface area contributed by atoms with Gasteiger partial charge in [-0.25, -0.2) is 4.79 Å². The molecule has 0 aromatic heterocycles. The van der Waals surface area contributed by atoms with Crippen molar-refractivity contribution in [2.75, 3.05) is 32.8 Å². The molecule has 0 radical (unpaired) electrons. The van der Waals surface area contributed by atoms with Gasteiger partial charge in [0.15, 0.2) is 0 Å². The molecule has 0 N–H and O–H groups in total. The molecule has 0 unspecified atom stereocenters. The van der Waals surface area contributed by atoms with Gasteiger partial charge in [-0.15, -0.1) is 0 Å². The minimum Gasteiger partial charge on any atom is -0.434 e. The summed E-state index contributed by atoms with van der Waals surface area (Å²) in [6, 6.07) is 14.0. The van der Waals surface area contributed by atoms with Crippen LogP contribution in [-0.4, -0.2) is 60.6 Å². The Hall–Kier alpha value is -2.87. The third-order valence-corrected chi connectivity index (χ3v) is 5.28. The zero-order chi connectivity index (χ0) is 21.5. The van der Waals surface area contributed by atoms with Crippen LogP contribution in [0.1, 0.15) is 22.8 Å². The van der Waals surface area contributed by atoms with Gasteiger partial charge in [0.2, 0.25) is 5.91 Å². The molecule has 1 heterocycles. The molecule has 1 fully saturated rings. The second-order valence-corrected chi connectivity index (χ2v) is 7.70. The molecule has 2 amide bonds. The van der Waals surface area contributed by atoms with E-state index in [0.29, 0.717) is 43.9 Å². The predicted octanol–water partition coefficient (Wildman–Crippen LogP) is 3.51. The minimum absolute atomic E-state index is 0.0601. The molecule has 3 rings (SSSR count). The normalized spacial score (nSPS) is 13.7. The molecule has 2 aromatic rings. The number of halogens is 1. The van der Waals surface area contributed by atoms with Crippen molar-refractivity contribution in [2.45, 2.75) is 13.3 Å². The number of benzene rings is 2. The third-order valence-electron chi connectivity index (χ3n) is 4.75. The number of nitrogens with zero attached hydrogens (tertiary/aromatic N) is 2. The summed E-state index contributed by atoms with van der Waals surface area (Å²) in [4.78, 5) is 40.1. The number of piperazine rings is 1. The first kappa shape index (κ1) is 21.8. The maximum absolute atomic E-state index is 12.7. The van der Waals surface area contributed by atoms with Crippen molar-refractivity contribution < 1.29 is 23.9 Å². The summed E-state index contributed by atoms with van der Waals surface area (Å²) in [5.41, 5.74) is 1.47. The number of hydrogen-bond donors (Lipinski definition) is 0. The van der Waals surface area contributed by atoms with E-state index in [0.717, 1.165) is 10.0 Å². The second-order valence-electron chi connectivity index (χ2n) is 6.79. The largest absolute Gasteiger partial charge is 0.513 e. The maximum atomic E-state index is 12.7. The van der Waals surface area contributed by atoms with Crippen molar-refractivity contribution in [3.8, 4) is 5.75 Å². The van der Waals surface area contributed by atoms with E-state index >= 15 is 0 Å². The average molecular weight is 475 g/mol. The molecule has 1 aliphatic heterocycles. The smallest absolute Gasteiger partial charge is 0.434 e. The molecule has 1 saturated heterocycles. The van der Waals surface area contributed by atoms with Crippen LogP contribution in [0.4, 0.5) is 4.79 Å². The van der Waals surface area contributed by atoms with E-state index in [1.54, 1.807) is 41.0 Å². The van der Waals surface area contributed by atoms with Gasteiger partial charge in [0.1, 0.15) is 5.75 Å². The molecule has 8 heteroatoms. The van der Waals surface area contributed by atoms with Gasteiger partial charge in [0, 0.05) is 36.2 Å². The fourth-order valence-electron chi connectivity index (χ4n) is 3.14. The molecule has 0 saturated carbocycles. The summed E-state index contributed by atoms with van der Waals surface area (Å²) in [5.74, 6) is 0.260. The number of ether oxygens (including phenoxy) is 2. The standard InChI is InChI=1S/C22H23BrN2O5/c1-2-29-22(28)30-19-9-5-17(6-10-19)21(27)25-13-11-24(12-14-25)20(26)15-16-3-7-18(23)8-4-16/h3-10H,2,11-15H2,1H3. The van der Waals surface area contributed by atoms with Crippen LogP contribution in [0.15, 0.2) is 53.0 Å². The number of carbonyl (C=O) groups excluding carboxylic acids is 3. The molecule has 0 bridgehead atoms. The van der Waals surface area contributed by atoms with Crippen molar-refractivity contribution >= 4 is 33.9 Å². The van der Waals surface area contributed by atoms with E-state index in [4.69, 9.17) is 9.47 Å². The molecule has 0 aliphatic carbocycles. The van der Waals surface area contributed by atoms with E-state index in [9.17, 15) is 14.4 Å². The van der Waals surface area contributed by atoms with Gasteiger partial charge in [0.25, 0.3) is 5.91 Å². The predicted molar refractivity (Wildman–Crippen MR) is 114 cm³/mol. The van der Waals surface area contributed by atoms with Gasteiger partial charge in [-0.2, -0.15) is 0 Å². The highest BCUT2D eigenvalue weighted by Gasteiger charge is 2.25. The van der Waals surface area contributed by atoms with Crippen molar-refractivity contribution in [1.29, 1.82) is 0 Å². The molecule has 7 nitrogen and oxygen atoms in total. The van der Waals surface area contributed by atoms with Gasteiger partial charge in [0.05, 0.1) is 13.0 Å².